The van der Waals surface area contributed by atoms with Crippen molar-refractivity contribution in [3.63, 3.8) is 0 Å². The van der Waals surface area contributed by atoms with Crippen LogP contribution in [0.2, 0.25) is 0 Å². The Morgan fingerprint density at radius 1 is 1.25 bits per heavy atom. The maximum absolute atomic E-state index is 12.4. The third kappa shape index (κ3) is 4.40. The molecule has 1 aromatic heterocycles. The quantitative estimate of drug-likeness (QED) is 0.912. The SMILES string of the molecule is O=C(Nc1ccn(CC(F)(F)F)n1)N1CCC[C@@H]1CN1CCCC1. The lowest BCUT2D eigenvalue weighted by molar-refractivity contribution is -0.142. The van der Waals surface area contributed by atoms with Crippen LogP contribution in [0.4, 0.5) is 23.8 Å². The summed E-state index contributed by atoms with van der Waals surface area (Å²) in [5.74, 6) is 0.149. The third-order valence-electron chi connectivity index (χ3n) is 4.52. The number of amides is 2. The smallest absolute Gasteiger partial charge is 0.320 e. The molecule has 0 spiro atoms. The number of aromatic nitrogens is 2. The highest BCUT2D eigenvalue weighted by Gasteiger charge is 2.31. The van der Waals surface area contributed by atoms with Crippen LogP contribution in [-0.2, 0) is 6.54 Å². The summed E-state index contributed by atoms with van der Waals surface area (Å²) in [4.78, 5) is 16.6. The zero-order chi connectivity index (χ0) is 17.2. The summed E-state index contributed by atoms with van der Waals surface area (Å²) in [5.41, 5.74) is 0. The summed E-state index contributed by atoms with van der Waals surface area (Å²) in [5, 5.41) is 6.38. The van der Waals surface area contributed by atoms with Crippen LogP contribution in [0.5, 0.6) is 0 Å². The number of nitrogens with zero attached hydrogens (tertiary/aromatic N) is 4. The topological polar surface area (TPSA) is 53.4 Å². The number of anilines is 1. The van der Waals surface area contributed by atoms with E-state index in [2.05, 4.69) is 15.3 Å². The Bertz CT molecular complexity index is 568. The molecule has 2 fully saturated rings. The van der Waals surface area contributed by atoms with Crippen LogP contribution in [0.1, 0.15) is 25.7 Å². The number of halogens is 3. The number of hydrogen-bond acceptors (Lipinski definition) is 3. The van der Waals surface area contributed by atoms with Crippen LogP contribution in [-0.4, -0.2) is 64.0 Å². The summed E-state index contributed by atoms with van der Waals surface area (Å²) in [6, 6.07) is 1.27. The van der Waals surface area contributed by atoms with Crippen molar-refractivity contribution in [2.45, 2.75) is 44.4 Å². The summed E-state index contributed by atoms with van der Waals surface area (Å²) >= 11 is 0. The van der Waals surface area contributed by atoms with Gasteiger partial charge >= 0.3 is 12.2 Å². The van der Waals surface area contributed by atoms with E-state index in [4.69, 9.17) is 0 Å². The summed E-state index contributed by atoms with van der Waals surface area (Å²) in [7, 11) is 0. The molecule has 2 aliphatic heterocycles. The number of urea groups is 1. The second-order valence-electron chi connectivity index (χ2n) is 6.44. The van der Waals surface area contributed by atoms with E-state index in [1.54, 1.807) is 4.90 Å². The van der Waals surface area contributed by atoms with E-state index in [9.17, 15) is 18.0 Å². The lowest BCUT2D eigenvalue weighted by Gasteiger charge is -2.28. The molecular weight excluding hydrogens is 323 g/mol. The molecule has 24 heavy (non-hydrogen) atoms. The molecule has 0 radical (unpaired) electrons. The molecule has 2 aliphatic rings. The predicted molar refractivity (Wildman–Crippen MR) is 82.7 cm³/mol. The van der Waals surface area contributed by atoms with Gasteiger partial charge in [0.05, 0.1) is 0 Å². The maximum Gasteiger partial charge on any atom is 0.408 e. The van der Waals surface area contributed by atoms with E-state index in [0.29, 0.717) is 6.54 Å². The van der Waals surface area contributed by atoms with Gasteiger partial charge < -0.3 is 9.80 Å². The van der Waals surface area contributed by atoms with Crippen LogP contribution in [0.25, 0.3) is 0 Å². The Labute approximate surface area is 138 Å². The second kappa shape index (κ2) is 7.00. The normalized spacial score (nSPS) is 22.3. The fraction of sp³-hybridized carbons (Fsp3) is 0.733. The lowest BCUT2D eigenvalue weighted by Crippen LogP contribution is -2.44. The van der Waals surface area contributed by atoms with Gasteiger partial charge in [0.2, 0.25) is 0 Å². The van der Waals surface area contributed by atoms with Gasteiger partial charge in [0.25, 0.3) is 0 Å². The van der Waals surface area contributed by atoms with Crippen LogP contribution >= 0.6 is 0 Å². The lowest BCUT2D eigenvalue weighted by atomic mass is 10.2. The molecule has 6 nitrogen and oxygen atoms in total. The van der Waals surface area contributed by atoms with Crippen molar-refractivity contribution in [3.8, 4) is 0 Å². The van der Waals surface area contributed by atoms with Crippen LogP contribution in [0, 0.1) is 0 Å². The van der Waals surface area contributed by atoms with Crippen molar-refractivity contribution >= 4 is 11.8 Å². The van der Waals surface area contributed by atoms with Gasteiger partial charge in [0.1, 0.15) is 6.54 Å². The molecule has 9 heteroatoms. The fourth-order valence-electron chi connectivity index (χ4n) is 3.44. The molecule has 0 aliphatic carbocycles. The maximum atomic E-state index is 12.4. The fourth-order valence-corrected chi connectivity index (χ4v) is 3.44. The number of carbonyl (C=O) groups excluding carboxylic acids is 1. The van der Waals surface area contributed by atoms with Crippen molar-refractivity contribution < 1.29 is 18.0 Å². The number of carbonyl (C=O) groups is 1. The molecule has 0 aromatic carbocycles. The molecule has 2 saturated heterocycles. The van der Waals surface area contributed by atoms with Crippen LogP contribution < -0.4 is 5.32 Å². The number of rotatable bonds is 4. The highest BCUT2D eigenvalue weighted by molar-refractivity contribution is 5.88. The second-order valence-corrected chi connectivity index (χ2v) is 6.44. The Hall–Kier alpha value is -1.77. The van der Waals surface area contributed by atoms with Gasteiger partial charge in [0.15, 0.2) is 5.82 Å². The van der Waals surface area contributed by atoms with Crippen molar-refractivity contribution in [1.82, 2.24) is 19.6 Å². The van der Waals surface area contributed by atoms with Crippen molar-refractivity contribution in [3.05, 3.63) is 12.3 Å². The highest BCUT2D eigenvalue weighted by Crippen LogP contribution is 2.22. The third-order valence-corrected chi connectivity index (χ3v) is 4.52. The van der Waals surface area contributed by atoms with E-state index in [1.165, 1.54) is 25.1 Å². The average molecular weight is 345 g/mol. The largest absolute Gasteiger partial charge is 0.408 e. The van der Waals surface area contributed by atoms with E-state index in [-0.39, 0.29) is 17.9 Å². The first-order valence-corrected chi connectivity index (χ1v) is 8.31. The predicted octanol–water partition coefficient (Wildman–Crippen LogP) is 2.54. The monoisotopic (exact) mass is 345 g/mol. The van der Waals surface area contributed by atoms with Gasteiger partial charge in [-0.25, -0.2) is 4.79 Å². The van der Waals surface area contributed by atoms with Crippen LogP contribution in [0.15, 0.2) is 12.3 Å². The van der Waals surface area contributed by atoms with Gasteiger partial charge in [0, 0.05) is 31.4 Å². The summed E-state index contributed by atoms with van der Waals surface area (Å²) in [6.45, 7) is 2.54. The Balaban J connectivity index is 1.55. The van der Waals surface area contributed by atoms with Gasteiger partial charge in [-0.1, -0.05) is 0 Å². The van der Waals surface area contributed by atoms with Crippen molar-refractivity contribution in [2.75, 3.05) is 31.5 Å². The molecule has 0 unspecified atom stereocenters. The molecular formula is C15H22F3N5O. The summed E-state index contributed by atoms with van der Waals surface area (Å²) < 4.78 is 37.8. The molecule has 1 atom stereocenters. The minimum Gasteiger partial charge on any atom is -0.320 e. The van der Waals surface area contributed by atoms with Gasteiger partial charge in [-0.15, -0.1) is 0 Å². The minimum atomic E-state index is -4.33. The van der Waals surface area contributed by atoms with E-state index >= 15 is 0 Å². The van der Waals surface area contributed by atoms with E-state index in [0.717, 1.165) is 37.2 Å². The molecule has 2 amide bonds. The van der Waals surface area contributed by atoms with Gasteiger partial charge in [-0.3, -0.25) is 10.00 Å². The average Bonchev–Trinajstić information content (AvgIpc) is 3.20. The number of likely N-dealkylation sites (tertiary alicyclic amines) is 2. The molecule has 1 N–H and O–H groups in total. The van der Waals surface area contributed by atoms with Gasteiger partial charge in [-0.05, 0) is 38.8 Å². The Morgan fingerprint density at radius 2 is 2.00 bits per heavy atom. The zero-order valence-electron chi connectivity index (χ0n) is 13.4. The van der Waals surface area contributed by atoms with Gasteiger partial charge in [-0.2, -0.15) is 18.3 Å². The Morgan fingerprint density at radius 3 is 2.71 bits per heavy atom. The number of alkyl halides is 3. The molecule has 0 saturated carbocycles. The standard InChI is InChI=1S/C15H22F3N5O/c16-15(17,18)11-22-9-5-13(20-22)19-14(24)23-8-3-4-12(23)10-21-6-1-2-7-21/h5,9,12H,1-4,6-8,10-11H2,(H,19,20,24)/t12-/m1/s1. The minimum absolute atomic E-state index is 0.149. The molecule has 134 valence electrons. The Kier molecular flexibility index (Phi) is 4.98. The molecule has 3 rings (SSSR count). The molecule has 1 aromatic rings. The van der Waals surface area contributed by atoms with E-state index < -0.39 is 12.7 Å². The highest BCUT2D eigenvalue weighted by atomic mass is 19.4. The van der Waals surface area contributed by atoms with Crippen LogP contribution in [0.3, 0.4) is 0 Å². The first kappa shape index (κ1) is 17.1. The zero-order valence-corrected chi connectivity index (χ0v) is 13.4. The van der Waals surface area contributed by atoms with E-state index in [1.807, 2.05) is 0 Å². The summed E-state index contributed by atoms with van der Waals surface area (Å²) in [6.07, 6.45) is 1.21. The molecule has 0 bridgehead atoms. The number of hydrogen-bond donors (Lipinski definition) is 1. The van der Waals surface area contributed by atoms with Crippen molar-refractivity contribution in [2.24, 2.45) is 0 Å². The molecule has 3 heterocycles. The number of nitrogens with one attached hydrogen (secondary N) is 1. The van der Waals surface area contributed by atoms with Crippen molar-refractivity contribution in [1.29, 1.82) is 0 Å². The first-order chi connectivity index (χ1) is 11.4. The first-order valence-electron chi connectivity index (χ1n) is 8.31.